The molecule has 9 nitrogen and oxygen atoms in total. The molecule has 3 heterocycles. The SMILES string of the molecule is COc1ccc2c(CC(=O)OCCCCCCCC3=CC(=O)C(C)=C(C)C3=O)c3[n+](cc2c1OC)CCc1cc2c(cc1-3)OCO2.[Br-]. The molecule has 2 aromatic carbocycles. The fourth-order valence-corrected chi connectivity index (χ4v) is 6.63. The van der Waals surface area contributed by atoms with Gasteiger partial charge in [0.05, 0.1) is 38.2 Å². The molecule has 10 heteroatoms. The van der Waals surface area contributed by atoms with Gasteiger partial charge in [0.15, 0.2) is 47.3 Å². The van der Waals surface area contributed by atoms with Crippen molar-refractivity contribution in [1.29, 1.82) is 0 Å². The number of methoxy groups -OCH3 is 2. The van der Waals surface area contributed by atoms with Crippen molar-refractivity contribution in [2.75, 3.05) is 27.6 Å². The lowest BCUT2D eigenvalue weighted by Gasteiger charge is -2.20. The minimum absolute atomic E-state index is 0. The summed E-state index contributed by atoms with van der Waals surface area (Å²) in [5.41, 5.74) is 5.71. The minimum atomic E-state index is -0.288. The number of rotatable bonds is 12. The zero-order valence-corrected chi connectivity index (χ0v) is 28.9. The number of Topliss-reactive ketones (excluding diaryl/α,β-unsaturated/α-hetero) is 1. The van der Waals surface area contributed by atoms with E-state index in [0.29, 0.717) is 47.0 Å². The van der Waals surface area contributed by atoms with Gasteiger partial charge in [-0.15, -0.1) is 0 Å². The number of benzene rings is 2. The fourth-order valence-electron chi connectivity index (χ4n) is 6.63. The van der Waals surface area contributed by atoms with Crippen LogP contribution in [0.5, 0.6) is 23.0 Å². The van der Waals surface area contributed by atoms with Crippen molar-refractivity contribution in [2.45, 2.75) is 71.8 Å². The number of fused-ring (bicyclic) bond motifs is 5. The van der Waals surface area contributed by atoms with E-state index < -0.39 is 0 Å². The Morgan fingerprint density at radius 3 is 2.43 bits per heavy atom. The number of nitrogens with zero attached hydrogens (tertiary/aromatic N) is 1. The first-order valence-electron chi connectivity index (χ1n) is 16.0. The van der Waals surface area contributed by atoms with Gasteiger partial charge in [-0.1, -0.05) is 19.3 Å². The number of hydrogen-bond acceptors (Lipinski definition) is 8. The number of hydrogen-bond donors (Lipinski definition) is 0. The summed E-state index contributed by atoms with van der Waals surface area (Å²) in [4.78, 5) is 37.9. The molecule has 3 aromatic rings. The number of aromatic nitrogens is 1. The molecule has 0 saturated heterocycles. The van der Waals surface area contributed by atoms with Crippen LogP contribution in [0.2, 0.25) is 0 Å². The molecule has 0 amide bonds. The molecule has 0 bridgehead atoms. The van der Waals surface area contributed by atoms with Crippen molar-refractivity contribution < 1.29 is 59.6 Å². The number of allylic oxidation sites excluding steroid dienone is 4. The second-order valence-corrected chi connectivity index (χ2v) is 12.1. The first-order chi connectivity index (χ1) is 22.3. The highest BCUT2D eigenvalue weighted by Crippen LogP contribution is 2.43. The van der Waals surface area contributed by atoms with Crippen LogP contribution in [0.4, 0.5) is 0 Å². The van der Waals surface area contributed by atoms with Gasteiger partial charge in [-0.05, 0) is 69.0 Å². The Balaban J connectivity index is 0.00000433. The van der Waals surface area contributed by atoms with Crippen LogP contribution in [0.25, 0.3) is 22.0 Å². The Morgan fingerprint density at radius 2 is 1.66 bits per heavy atom. The largest absolute Gasteiger partial charge is 1.00 e. The van der Waals surface area contributed by atoms with Gasteiger partial charge >= 0.3 is 5.97 Å². The van der Waals surface area contributed by atoms with E-state index in [2.05, 4.69) is 10.8 Å². The maximum atomic E-state index is 13.3. The maximum Gasteiger partial charge on any atom is 0.310 e. The molecule has 0 radical (unpaired) electrons. The molecule has 47 heavy (non-hydrogen) atoms. The molecule has 0 fully saturated rings. The number of halogens is 1. The highest BCUT2D eigenvalue weighted by molar-refractivity contribution is 6.22. The number of carbonyl (C=O) groups is 3. The van der Waals surface area contributed by atoms with Crippen LogP contribution in [0.3, 0.4) is 0 Å². The lowest BCUT2D eigenvalue weighted by molar-refractivity contribution is -0.686. The van der Waals surface area contributed by atoms with Gasteiger partial charge < -0.3 is 40.7 Å². The summed E-state index contributed by atoms with van der Waals surface area (Å²) in [6.45, 7) is 4.70. The van der Waals surface area contributed by atoms with Crippen LogP contribution in [0.1, 0.15) is 63.5 Å². The molecule has 0 unspecified atom stereocenters. The Labute approximate surface area is 285 Å². The second-order valence-electron chi connectivity index (χ2n) is 12.1. The summed E-state index contributed by atoms with van der Waals surface area (Å²) < 4.78 is 30.6. The maximum absolute atomic E-state index is 13.3. The molecular formula is C37H40BrNO8. The highest BCUT2D eigenvalue weighted by Gasteiger charge is 2.33. The van der Waals surface area contributed by atoms with Gasteiger partial charge in [0.25, 0.3) is 0 Å². The van der Waals surface area contributed by atoms with Gasteiger partial charge in [-0.25, -0.2) is 0 Å². The van der Waals surface area contributed by atoms with E-state index >= 15 is 0 Å². The summed E-state index contributed by atoms with van der Waals surface area (Å²) >= 11 is 0. The average molecular weight is 707 g/mol. The van der Waals surface area contributed by atoms with E-state index in [1.165, 1.54) is 6.08 Å². The highest BCUT2D eigenvalue weighted by atomic mass is 79.9. The normalized spacial score (nSPS) is 14.8. The van der Waals surface area contributed by atoms with E-state index in [0.717, 1.165) is 84.0 Å². The van der Waals surface area contributed by atoms with E-state index in [1.54, 1.807) is 28.1 Å². The van der Waals surface area contributed by atoms with Gasteiger partial charge in [0.1, 0.15) is 0 Å². The number of pyridine rings is 1. The number of carbonyl (C=O) groups excluding carboxylic acids is 3. The Morgan fingerprint density at radius 1 is 0.915 bits per heavy atom. The van der Waals surface area contributed by atoms with Crippen LogP contribution in [-0.2, 0) is 38.5 Å². The Kier molecular flexibility index (Phi) is 10.7. The van der Waals surface area contributed by atoms with Gasteiger partial charge in [-0.3, -0.25) is 14.4 Å². The smallest absolute Gasteiger partial charge is 0.310 e. The van der Waals surface area contributed by atoms with Crippen LogP contribution in [0.15, 0.2) is 53.3 Å². The molecular weight excluding hydrogens is 666 g/mol. The van der Waals surface area contributed by atoms with Gasteiger partial charge in [0.2, 0.25) is 12.5 Å². The monoisotopic (exact) mass is 705 g/mol. The van der Waals surface area contributed by atoms with Crippen molar-refractivity contribution in [1.82, 2.24) is 0 Å². The van der Waals surface area contributed by atoms with Crippen molar-refractivity contribution >= 4 is 28.3 Å². The topological polar surface area (TPSA) is 101 Å². The van der Waals surface area contributed by atoms with Crippen LogP contribution in [-0.4, -0.2) is 45.2 Å². The third-order valence-electron chi connectivity index (χ3n) is 9.29. The number of esters is 1. The van der Waals surface area contributed by atoms with Crippen molar-refractivity contribution in [3.05, 3.63) is 64.4 Å². The second kappa shape index (κ2) is 14.7. The summed E-state index contributed by atoms with van der Waals surface area (Å²) in [5.74, 6) is 2.33. The molecule has 6 rings (SSSR count). The average Bonchev–Trinajstić information content (AvgIpc) is 3.52. The quantitative estimate of drug-likeness (QED) is 0.123. The molecule has 0 spiro atoms. The van der Waals surface area contributed by atoms with Crippen molar-refractivity contribution in [2.24, 2.45) is 0 Å². The number of unbranched alkanes of at least 4 members (excludes halogenated alkanes) is 4. The molecule has 0 atom stereocenters. The zero-order valence-electron chi connectivity index (χ0n) is 27.3. The fraction of sp³-hybridized carbons (Fsp3) is 0.405. The van der Waals surface area contributed by atoms with Crippen LogP contribution < -0.4 is 40.5 Å². The molecule has 0 saturated carbocycles. The molecule has 0 N–H and O–H groups in total. The summed E-state index contributed by atoms with van der Waals surface area (Å²) in [6, 6.07) is 7.91. The molecule has 2 aliphatic heterocycles. The molecule has 1 aliphatic carbocycles. The third-order valence-corrected chi connectivity index (χ3v) is 9.29. The minimum Gasteiger partial charge on any atom is -1.00 e. The number of aryl methyl sites for hydroxylation is 2. The van der Waals surface area contributed by atoms with Gasteiger partial charge in [0, 0.05) is 34.1 Å². The third kappa shape index (κ3) is 6.79. The summed E-state index contributed by atoms with van der Waals surface area (Å²) in [5, 5.41) is 1.77. The lowest BCUT2D eigenvalue weighted by atomic mass is 9.88. The molecule has 1 aromatic heterocycles. The van der Waals surface area contributed by atoms with E-state index in [9.17, 15) is 14.4 Å². The molecule has 248 valence electrons. The standard InChI is InChI=1S/C37H40NO8.BrH/c1-22-23(2)36(41)25(16-30(22)39)10-8-6-5-7-9-15-44-34(40)19-28-26-11-12-31(42-3)37(43-4)29(26)20-38-14-13-24-17-32-33(46-21-45-32)18-27(24)35(28)38;/h11-12,16-18,20H,5-10,13-15,19,21H2,1-4H3;1H/q+1;/p-1. The first kappa shape index (κ1) is 34.2. The van der Waals surface area contributed by atoms with Crippen molar-refractivity contribution in [3.8, 4) is 34.3 Å². The predicted octanol–water partition coefficient (Wildman–Crippen LogP) is 2.94. The van der Waals surface area contributed by atoms with E-state index in [1.807, 2.05) is 24.3 Å². The first-order valence-corrected chi connectivity index (χ1v) is 16.0. The summed E-state index contributed by atoms with van der Waals surface area (Å²) in [7, 11) is 3.24. The van der Waals surface area contributed by atoms with E-state index in [-0.39, 0.29) is 47.7 Å². The predicted molar refractivity (Wildman–Crippen MR) is 171 cm³/mol. The Hall–Kier alpha value is -4.18. The summed E-state index contributed by atoms with van der Waals surface area (Å²) in [6.07, 6.45) is 9.51. The van der Waals surface area contributed by atoms with Crippen molar-refractivity contribution in [3.63, 3.8) is 0 Å². The van der Waals surface area contributed by atoms with E-state index in [4.69, 9.17) is 23.7 Å². The molecule has 3 aliphatic rings. The van der Waals surface area contributed by atoms with Crippen LogP contribution in [0, 0.1) is 0 Å². The van der Waals surface area contributed by atoms with Gasteiger partial charge in [-0.2, -0.15) is 4.57 Å². The number of ketones is 2. The number of ether oxygens (including phenoxy) is 5. The zero-order chi connectivity index (χ0) is 32.4. The van der Waals surface area contributed by atoms with Crippen LogP contribution >= 0.6 is 0 Å². The Bertz CT molecular complexity index is 1810. The lowest BCUT2D eigenvalue weighted by Crippen LogP contribution is -3.00.